The lowest BCUT2D eigenvalue weighted by Gasteiger charge is -2.17. The van der Waals surface area contributed by atoms with E-state index in [4.69, 9.17) is 18.9 Å². The van der Waals surface area contributed by atoms with Gasteiger partial charge in [-0.25, -0.2) is 4.79 Å². The summed E-state index contributed by atoms with van der Waals surface area (Å²) in [7, 11) is 1.65. The maximum absolute atomic E-state index is 12.8. The largest absolute Gasteiger partial charge is 0.490 e. The van der Waals surface area contributed by atoms with Gasteiger partial charge in [-0.1, -0.05) is 12.1 Å². The molecule has 0 N–H and O–H groups in total. The minimum Gasteiger partial charge on any atom is -0.490 e. The predicted octanol–water partition coefficient (Wildman–Crippen LogP) is 3.91. The molecule has 0 bridgehead atoms. The number of aryl methyl sites for hydroxylation is 1. The van der Waals surface area contributed by atoms with Crippen molar-refractivity contribution in [1.82, 2.24) is 4.57 Å². The Kier molecular flexibility index (Phi) is 7.87. The maximum Gasteiger partial charge on any atom is 0.342 e. The van der Waals surface area contributed by atoms with Gasteiger partial charge in [0.05, 0.1) is 18.8 Å². The molecule has 3 rings (SSSR count). The zero-order valence-electron chi connectivity index (χ0n) is 18.7. The molecule has 168 valence electrons. The fourth-order valence-corrected chi connectivity index (χ4v) is 4.06. The van der Waals surface area contributed by atoms with Gasteiger partial charge >= 0.3 is 5.97 Å². The normalized spacial score (nSPS) is 16.8. The number of esters is 1. The van der Waals surface area contributed by atoms with E-state index in [9.17, 15) is 9.59 Å². The Hall–Kier alpha value is -2.64. The number of hydrogen-bond acceptors (Lipinski definition) is 6. The molecule has 0 radical (unpaired) electrons. The summed E-state index contributed by atoms with van der Waals surface area (Å²) >= 11 is 0. The van der Waals surface area contributed by atoms with Crippen LogP contribution in [0.5, 0.6) is 5.75 Å². The van der Waals surface area contributed by atoms with Crippen LogP contribution in [0.25, 0.3) is 0 Å². The lowest BCUT2D eigenvalue weighted by molar-refractivity contribution is 0.0459. The van der Waals surface area contributed by atoms with E-state index in [0.29, 0.717) is 30.1 Å². The van der Waals surface area contributed by atoms with Gasteiger partial charge in [-0.2, -0.15) is 0 Å². The second-order valence-electron chi connectivity index (χ2n) is 7.90. The molecule has 1 aromatic heterocycles. The molecule has 2 atom stereocenters. The van der Waals surface area contributed by atoms with E-state index >= 15 is 0 Å². The Bertz CT molecular complexity index is 913. The van der Waals surface area contributed by atoms with Crippen molar-refractivity contribution in [3.05, 3.63) is 52.8 Å². The van der Waals surface area contributed by atoms with Crippen LogP contribution in [0.4, 0.5) is 0 Å². The first-order valence-corrected chi connectivity index (χ1v) is 10.6. The molecule has 0 amide bonds. The van der Waals surface area contributed by atoms with Gasteiger partial charge in [0.2, 0.25) is 5.78 Å². The average molecular weight is 430 g/mol. The molecular formula is C24H31NO6. The summed E-state index contributed by atoms with van der Waals surface area (Å²) in [6.07, 6.45) is 2.01. The van der Waals surface area contributed by atoms with E-state index in [1.807, 2.05) is 26.8 Å². The molecule has 2 unspecified atom stereocenters. The highest BCUT2D eigenvalue weighted by atomic mass is 16.5. The number of rotatable bonds is 10. The van der Waals surface area contributed by atoms with Gasteiger partial charge in [-0.15, -0.1) is 0 Å². The van der Waals surface area contributed by atoms with Crippen LogP contribution in [-0.2, 0) is 14.2 Å². The number of ketones is 1. The second-order valence-corrected chi connectivity index (χ2v) is 7.90. The zero-order chi connectivity index (χ0) is 22.4. The van der Waals surface area contributed by atoms with Gasteiger partial charge in [-0.05, 0) is 51.8 Å². The smallest absolute Gasteiger partial charge is 0.342 e. The first-order chi connectivity index (χ1) is 14.9. The standard InChI is InChI=1S/C24H31NO6/c1-16-12-21(18(3)25(16)17(2)13-28-4)22(26)15-31-24(27)20-9-5-6-10-23(20)30-14-19-8-7-11-29-19/h5-6,9-10,12,17,19H,7-8,11,13-15H2,1-4H3. The fourth-order valence-electron chi connectivity index (χ4n) is 4.06. The Balaban J connectivity index is 1.63. The average Bonchev–Trinajstić information content (AvgIpc) is 3.38. The third-order valence-electron chi connectivity index (χ3n) is 5.52. The Labute approximate surface area is 183 Å². The van der Waals surface area contributed by atoms with Crippen LogP contribution < -0.4 is 4.74 Å². The van der Waals surface area contributed by atoms with Gasteiger partial charge in [0.15, 0.2) is 6.61 Å². The molecule has 1 saturated heterocycles. The molecule has 0 aliphatic carbocycles. The molecule has 0 spiro atoms. The predicted molar refractivity (Wildman–Crippen MR) is 116 cm³/mol. The monoisotopic (exact) mass is 429 g/mol. The van der Waals surface area contributed by atoms with Gasteiger partial charge < -0.3 is 23.5 Å². The molecule has 31 heavy (non-hydrogen) atoms. The molecule has 1 aliphatic rings. The van der Waals surface area contributed by atoms with E-state index in [0.717, 1.165) is 30.8 Å². The van der Waals surface area contributed by atoms with Gasteiger partial charge in [0.25, 0.3) is 0 Å². The minimum absolute atomic E-state index is 0.0430. The Morgan fingerprint density at radius 1 is 1.23 bits per heavy atom. The Morgan fingerprint density at radius 3 is 2.71 bits per heavy atom. The van der Waals surface area contributed by atoms with E-state index in [-0.39, 0.29) is 24.5 Å². The van der Waals surface area contributed by atoms with Crippen molar-refractivity contribution in [2.24, 2.45) is 0 Å². The first kappa shape index (κ1) is 23.0. The van der Waals surface area contributed by atoms with E-state index in [1.54, 1.807) is 31.4 Å². The van der Waals surface area contributed by atoms with Crippen molar-refractivity contribution in [2.75, 3.05) is 33.5 Å². The third kappa shape index (κ3) is 5.54. The highest BCUT2D eigenvalue weighted by molar-refractivity contribution is 6.01. The van der Waals surface area contributed by atoms with Crippen molar-refractivity contribution < 1.29 is 28.5 Å². The van der Waals surface area contributed by atoms with Crippen LogP contribution in [0.15, 0.2) is 30.3 Å². The summed E-state index contributed by atoms with van der Waals surface area (Å²) in [5.74, 6) is -0.394. The SMILES string of the molecule is COCC(C)n1c(C)cc(C(=O)COC(=O)c2ccccc2OCC2CCCO2)c1C. The molecule has 7 nitrogen and oxygen atoms in total. The van der Waals surface area contributed by atoms with Gasteiger partial charge in [-0.3, -0.25) is 4.79 Å². The molecule has 1 fully saturated rings. The number of para-hydroxylation sites is 1. The number of Topliss-reactive ketones (excluding diaryl/α,β-unsaturated/α-hetero) is 1. The number of ether oxygens (including phenoxy) is 4. The van der Waals surface area contributed by atoms with Crippen LogP contribution in [0.3, 0.4) is 0 Å². The number of nitrogens with zero attached hydrogens (tertiary/aromatic N) is 1. The topological polar surface area (TPSA) is 76.0 Å². The van der Waals surface area contributed by atoms with Crippen LogP contribution in [-0.4, -0.2) is 56.0 Å². The molecule has 1 aromatic carbocycles. The molecule has 0 saturated carbocycles. The van der Waals surface area contributed by atoms with Crippen molar-refractivity contribution in [3.63, 3.8) is 0 Å². The molecule has 2 heterocycles. The van der Waals surface area contributed by atoms with Crippen LogP contribution in [0, 0.1) is 13.8 Å². The van der Waals surface area contributed by atoms with Crippen molar-refractivity contribution in [3.8, 4) is 5.75 Å². The summed E-state index contributed by atoms with van der Waals surface area (Å²) in [5.41, 5.74) is 2.65. The number of carbonyl (C=O) groups excluding carboxylic acids is 2. The second kappa shape index (κ2) is 10.6. The highest BCUT2D eigenvalue weighted by Gasteiger charge is 2.22. The number of methoxy groups -OCH3 is 1. The summed E-state index contributed by atoms with van der Waals surface area (Å²) in [6.45, 7) is 7.21. The van der Waals surface area contributed by atoms with E-state index in [1.165, 1.54) is 0 Å². The summed E-state index contributed by atoms with van der Waals surface area (Å²) in [5, 5.41) is 0. The zero-order valence-corrected chi connectivity index (χ0v) is 18.7. The number of hydrogen-bond donors (Lipinski definition) is 0. The van der Waals surface area contributed by atoms with E-state index in [2.05, 4.69) is 4.57 Å². The van der Waals surface area contributed by atoms with Gasteiger partial charge in [0, 0.05) is 30.7 Å². The fraction of sp³-hybridized carbons (Fsp3) is 0.500. The Morgan fingerprint density at radius 2 is 2.00 bits per heavy atom. The molecule has 7 heteroatoms. The molecule has 2 aromatic rings. The number of aromatic nitrogens is 1. The van der Waals surface area contributed by atoms with Crippen molar-refractivity contribution in [2.45, 2.75) is 45.8 Å². The summed E-state index contributed by atoms with van der Waals surface area (Å²) in [6, 6.07) is 8.82. The molecule has 1 aliphatic heterocycles. The lowest BCUT2D eigenvalue weighted by atomic mass is 10.1. The number of carbonyl (C=O) groups is 2. The van der Waals surface area contributed by atoms with Crippen LogP contribution in [0.2, 0.25) is 0 Å². The highest BCUT2D eigenvalue weighted by Crippen LogP contribution is 2.23. The summed E-state index contributed by atoms with van der Waals surface area (Å²) in [4.78, 5) is 25.4. The quantitative estimate of drug-likeness (QED) is 0.421. The first-order valence-electron chi connectivity index (χ1n) is 10.6. The maximum atomic E-state index is 12.8. The summed E-state index contributed by atoms with van der Waals surface area (Å²) < 4.78 is 24.0. The van der Waals surface area contributed by atoms with Crippen molar-refractivity contribution >= 4 is 11.8 Å². The van der Waals surface area contributed by atoms with Crippen LogP contribution in [0.1, 0.15) is 57.9 Å². The molecular weight excluding hydrogens is 398 g/mol. The number of benzene rings is 1. The lowest BCUT2D eigenvalue weighted by Crippen LogP contribution is -2.19. The van der Waals surface area contributed by atoms with Gasteiger partial charge in [0.1, 0.15) is 17.9 Å². The third-order valence-corrected chi connectivity index (χ3v) is 5.52. The van der Waals surface area contributed by atoms with Crippen molar-refractivity contribution in [1.29, 1.82) is 0 Å². The van der Waals surface area contributed by atoms with E-state index < -0.39 is 5.97 Å². The van der Waals surface area contributed by atoms with Crippen LogP contribution >= 0.6 is 0 Å². The minimum atomic E-state index is -0.585.